The number of rotatable bonds is 4. The summed E-state index contributed by atoms with van der Waals surface area (Å²) in [5.74, 6) is 0.718. The predicted molar refractivity (Wildman–Crippen MR) is 79.0 cm³/mol. The third-order valence-electron chi connectivity index (χ3n) is 3.00. The highest BCUT2D eigenvalue weighted by atomic mass is 79.9. The number of fused-ring (bicyclic) bond motifs is 1. The van der Waals surface area contributed by atoms with Gasteiger partial charge in [0.15, 0.2) is 0 Å². The van der Waals surface area contributed by atoms with Crippen molar-refractivity contribution in [3.63, 3.8) is 0 Å². The standard InChI is InChI=1S/C14H16BrNO3/c1-9-6-11-12(15)7-10(19-5-4-18-3)8-13(11)16(2)14(9)17/h6-8H,4-5H2,1-3H3. The zero-order chi connectivity index (χ0) is 14.0. The summed E-state index contributed by atoms with van der Waals surface area (Å²) in [5, 5.41) is 0.999. The van der Waals surface area contributed by atoms with Gasteiger partial charge < -0.3 is 14.0 Å². The van der Waals surface area contributed by atoms with E-state index in [1.165, 1.54) is 0 Å². The Balaban J connectivity index is 2.52. The number of pyridine rings is 1. The summed E-state index contributed by atoms with van der Waals surface area (Å²) in [6.07, 6.45) is 0. The quantitative estimate of drug-likeness (QED) is 0.811. The number of aromatic nitrogens is 1. The Morgan fingerprint density at radius 1 is 1.26 bits per heavy atom. The van der Waals surface area contributed by atoms with E-state index in [-0.39, 0.29) is 5.56 Å². The Morgan fingerprint density at radius 3 is 2.68 bits per heavy atom. The first-order chi connectivity index (χ1) is 9.04. The van der Waals surface area contributed by atoms with Crippen molar-refractivity contribution in [3.05, 3.63) is 38.6 Å². The molecule has 0 N–H and O–H groups in total. The molecule has 0 aliphatic carbocycles. The number of aryl methyl sites for hydroxylation is 2. The van der Waals surface area contributed by atoms with Gasteiger partial charge in [-0.1, -0.05) is 0 Å². The molecule has 0 saturated carbocycles. The number of nitrogens with zero attached hydrogens (tertiary/aromatic N) is 1. The summed E-state index contributed by atoms with van der Waals surface area (Å²) < 4.78 is 13.1. The molecule has 1 aromatic carbocycles. The van der Waals surface area contributed by atoms with E-state index in [1.54, 1.807) is 18.7 Å². The Hall–Kier alpha value is -1.33. The zero-order valence-corrected chi connectivity index (χ0v) is 12.8. The van der Waals surface area contributed by atoms with E-state index in [9.17, 15) is 4.79 Å². The minimum Gasteiger partial charge on any atom is -0.491 e. The lowest BCUT2D eigenvalue weighted by Gasteiger charge is -2.12. The van der Waals surface area contributed by atoms with E-state index < -0.39 is 0 Å². The normalized spacial score (nSPS) is 10.9. The van der Waals surface area contributed by atoms with Crippen LogP contribution in [0.1, 0.15) is 5.56 Å². The van der Waals surface area contributed by atoms with Crippen LogP contribution < -0.4 is 10.3 Å². The maximum absolute atomic E-state index is 12.0. The summed E-state index contributed by atoms with van der Waals surface area (Å²) in [5.41, 5.74) is 1.58. The first-order valence-corrected chi connectivity index (χ1v) is 6.75. The monoisotopic (exact) mass is 325 g/mol. The molecule has 0 aliphatic rings. The van der Waals surface area contributed by atoms with E-state index >= 15 is 0 Å². The summed E-state index contributed by atoms with van der Waals surface area (Å²) in [6, 6.07) is 5.67. The molecule has 0 unspecified atom stereocenters. The smallest absolute Gasteiger partial charge is 0.253 e. The van der Waals surface area contributed by atoms with Gasteiger partial charge in [0.1, 0.15) is 12.4 Å². The van der Waals surface area contributed by atoms with Crippen molar-refractivity contribution < 1.29 is 9.47 Å². The molecule has 19 heavy (non-hydrogen) atoms. The second-order valence-corrected chi connectivity index (χ2v) is 5.23. The average molecular weight is 326 g/mol. The SMILES string of the molecule is COCCOc1cc(Br)c2cc(C)c(=O)n(C)c2c1. The van der Waals surface area contributed by atoms with Gasteiger partial charge in [0.2, 0.25) is 0 Å². The van der Waals surface area contributed by atoms with Gasteiger partial charge in [0, 0.05) is 35.6 Å². The van der Waals surface area contributed by atoms with Gasteiger partial charge >= 0.3 is 0 Å². The number of hydrogen-bond acceptors (Lipinski definition) is 3. The fourth-order valence-corrected chi connectivity index (χ4v) is 2.52. The topological polar surface area (TPSA) is 40.5 Å². The van der Waals surface area contributed by atoms with Crippen molar-refractivity contribution in [1.82, 2.24) is 4.57 Å². The lowest BCUT2D eigenvalue weighted by molar-refractivity contribution is 0.146. The van der Waals surface area contributed by atoms with Crippen LogP contribution in [0.25, 0.3) is 10.9 Å². The molecule has 0 fully saturated rings. The third-order valence-corrected chi connectivity index (χ3v) is 3.66. The van der Waals surface area contributed by atoms with Crippen LogP contribution in [-0.2, 0) is 11.8 Å². The van der Waals surface area contributed by atoms with Crippen LogP contribution in [0.5, 0.6) is 5.75 Å². The van der Waals surface area contributed by atoms with Crippen molar-refractivity contribution in [2.24, 2.45) is 7.05 Å². The molecule has 1 aromatic heterocycles. The summed E-state index contributed by atoms with van der Waals surface area (Å²) in [4.78, 5) is 12.0. The first kappa shape index (κ1) is 14.1. The van der Waals surface area contributed by atoms with E-state index in [1.807, 2.05) is 25.1 Å². The van der Waals surface area contributed by atoms with Crippen LogP contribution in [0.15, 0.2) is 27.5 Å². The van der Waals surface area contributed by atoms with Gasteiger partial charge in [-0.05, 0) is 35.0 Å². The van der Waals surface area contributed by atoms with Crippen molar-refractivity contribution in [2.45, 2.75) is 6.92 Å². The van der Waals surface area contributed by atoms with Crippen LogP contribution >= 0.6 is 15.9 Å². The highest BCUT2D eigenvalue weighted by molar-refractivity contribution is 9.10. The Kier molecular flexibility index (Phi) is 4.27. The van der Waals surface area contributed by atoms with Crippen molar-refractivity contribution in [3.8, 4) is 5.75 Å². The molecule has 102 valence electrons. The van der Waals surface area contributed by atoms with Crippen LogP contribution in [0, 0.1) is 6.92 Å². The molecule has 0 aliphatic heterocycles. The highest BCUT2D eigenvalue weighted by Crippen LogP contribution is 2.29. The van der Waals surface area contributed by atoms with Crippen LogP contribution in [-0.4, -0.2) is 24.9 Å². The molecule has 1 heterocycles. The lowest BCUT2D eigenvalue weighted by atomic mass is 10.1. The number of ether oxygens (including phenoxy) is 2. The molecule has 2 rings (SSSR count). The molecule has 5 heteroatoms. The Labute approximate surface area is 120 Å². The fourth-order valence-electron chi connectivity index (χ4n) is 1.98. The van der Waals surface area contributed by atoms with Gasteiger partial charge in [0.25, 0.3) is 5.56 Å². The second kappa shape index (κ2) is 5.75. The summed E-state index contributed by atoms with van der Waals surface area (Å²) >= 11 is 3.52. The van der Waals surface area contributed by atoms with E-state index in [2.05, 4.69) is 15.9 Å². The molecule has 2 aromatic rings. The molecule has 0 spiro atoms. The molecular weight excluding hydrogens is 310 g/mol. The molecule has 0 saturated heterocycles. The van der Waals surface area contributed by atoms with Gasteiger partial charge in [0.05, 0.1) is 12.1 Å². The fraction of sp³-hybridized carbons (Fsp3) is 0.357. The maximum atomic E-state index is 12.0. The minimum absolute atomic E-state index is 0.00782. The largest absolute Gasteiger partial charge is 0.491 e. The number of benzene rings is 1. The van der Waals surface area contributed by atoms with E-state index in [0.717, 1.165) is 26.7 Å². The molecular formula is C14H16BrNO3. The molecule has 0 bridgehead atoms. The summed E-state index contributed by atoms with van der Waals surface area (Å²) in [6.45, 7) is 2.83. The molecule has 0 amide bonds. The van der Waals surface area contributed by atoms with Crippen molar-refractivity contribution in [1.29, 1.82) is 0 Å². The van der Waals surface area contributed by atoms with Gasteiger partial charge in [-0.2, -0.15) is 0 Å². The maximum Gasteiger partial charge on any atom is 0.253 e. The van der Waals surface area contributed by atoms with E-state index in [4.69, 9.17) is 9.47 Å². The minimum atomic E-state index is 0.00782. The molecule has 4 nitrogen and oxygen atoms in total. The zero-order valence-electron chi connectivity index (χ0n) is 11.2. The highest BCUT2D eigenvalue weighted by Gasteiger charge is 2.08. The molecule has 0 radical (unpaired) electrons. The van der Waals surface area contributed by atoms with Gasteiger partial charge in [-0.15, -0.1) is 0 Å². The Bertz CT molecular complexity index is 664. The molecule has 0 atom stereocenters. The van der Waals surface area contributed by atoms with Crippen LogP contribution in [0.3, 0.4) is 0 Å². The Morgan fingerprint density at radius 2 is 2.00 bits per heavy atom. The van der Waals surface area contributed by atoms with Crippen molar-refractivity contribution >= 4 is 26.8 Å². The van der Waals surface area contributed by atoms with Crippen LogP contribution in [0.2, 0.25) is 0 Å². The second-order valence-electron chi connectivity index (χ2n) is 4.37. The third kappa shape index (κ3) is 2.82. The van der Waals surface area contributed by atoms with Gasteiger partial charge in [-0.3, -0.25) is 4.79 Å². The average Bonchev–Trinajstić information content (AvgIpc) is 2.38. The van der Waals surface area contributed by atoms with Crippen LogP contribution in [0.4, 0.5) is 0 Å². The first-order valence-electron chi connectivity index (χ1n) is 5.96. The lowest BCUT2D eigenvalue weighted by Crippen LogP contribution is -2.19. The van der Waals surface area contributed by atoms with Gasteiger partial charge in [-0.25, -0.2) is 0 Å². The van der Waals surface area contributed by atoms with E-state index in [0.29, 0.717) is 13.2 Å². The number of hydrogen-bond donors (Lipinski definition) is 0. The number of halogens is 1. The summed E-state index contributed by atoms with van der Waals surface area (Å²) in [7, 11) is 3.40. The number of methoxy groups -OCH3 is 1. The van der Waals surface area contributed by atoms with Crippen molar-refractivity contribution in [2.75, 3.05) is 20.3 Å². The predicted octanol–water partition coefficient (Wildman–Crippen LogP) is 2.63.